The summed E-state index contributed by atoms with van der Waals surface area (Å²) in [6, 6.07) is 0.245. The van der Waals surface area contributed by atoms with Crippen molar-refractivity contribution in [2.45, 2.75) is 38.7 Å². The predicted molar refractivity (Wildman–Crippen MR) is 72.1 cm³/mol. The first-order chi connectivity index (χ1) is 9.28. The van der Waals surface area contributed by atoms with Gasteiger partial charge in [0.1, 0.15) is 0 Å². The van der Waals surface area contributed by atoms with Crippen molar-refractivity contribution < 1.29 is 9.47 Å². The topological polar surface area (TPSA) is 95.2 Å². The zero-order valence-corrected chi connectivity index (χ0v) is 11.3. The molecule has 106 valence electrons. The Hall–Kier alpha value is -1.63. The van der Waals surface area contributed by atoms with Crippen LogP contribution in [0.2, 0.25) is 0 Å². The summed E-state index contributed by atoms with van der Waals surface area (Å²) in [6.45, 7) is 3.64. The Bertz CT molecular complexity index is 396. The minimum Gasteiger partial charge on any atom is -0.464 e. The van der Waals surface area contributed by atoms with Crippen LogP contribution < -0.4 is 15.8 Å². The molecular weight excluding hydrogens is 246 g/mol. The van der Waals surface area contributed by atoms with Gasteiger partial charge in [-0.05, 0) is 19.8 Å². The number of hydrogen-bond donors (Lipinski definition) is 2. The molecule has 0 amide bonds. The van der Waals surface area contributed by atoms with Crippen molar-refractivity contribution in [1.29, 1.82) is 0 Å². The van der Waals surface area contributed by atoms with Crippen LogP contribution in [-0.4, -0.2) is 40.8 Å². The summed E-state index contributed by atoms with van der Waals surface area (Å²) in [4.78, 5) is 12.0. The van der Waals surface area contributed by atoms with Crippen LogP contribution in [0.4, 0.5) is 11.9 Å². The van der Waals surface area contributed by atoms with Crippen LogP contribution in [0, 0.1) is 0 Å². The summed E-state index contributed by atoms with van der Waals surface area (Å²) in [6.07, 6.45) is 5.32. The molecule has 1 aromatic rings. The van der Waals surface area contributed by atoms with Crippen LogP contribution in [0.25, 0.3) is 0 Å². The number of nitrogens with one attached hydrogen (secondary N) is 1. The predicted octanol–water partition coefficient (Wildman–Crippen LogP) is 1.22. The SMILES string of the molecule is CCOc1nc(N)nc(NCCOC2CCCC2)n1. The zero-order valence-electron chi connectivity index (χ0n) is 11.3. The van der Waals surface area contributed by atoms with Crippen LogP contribution in [0.5, 0.6) is 6.01 Å². The van der Waals surface area contributed by atoms with E-state index in [2.05, 4.69) is 20.3 Å². The molecule has 0 bridgehead atoms. The smallest absolute Gasteiger partial charge is 0.323 e. The molecule has 0 radical (unpaired) electrons. The van der Waals surface area contributed by atoms with E-state index in [1.165, 1.54) is 25.7 Å². The molecule has 7 heteroatoms. The maximum Gasteiger partial charge on any atom is 0.323 e. The highest BCUT2D eigenvalue weighted by Crippen LogP contribution is 2.20. The molecule has 0 spiro atoms. The Morgan fingerprint density at radius 1 is 1.26 bits per heavy atom. The van der Waals surface area contributed by atoms with E-state index in [1.807, 2.05) is 6.92 Å². The van der Waals surface area contributed by atoms with Crippen LogP contribution >= 0.6 is 0 Å². The number of nitrogens with two attached hydrogens (primary N) is 1. The Morgan fingerprint density at radius 2 is 2.05 bits per heavy atom. The summed E-state index contributed by atoms with van der Waals surface area (Å²) in [5.41, 5.74) is 5.58. The van der Waals surface area contributed by atoms with E-state index in [1.54, 1.807) is 0 Å². The molecule has 1 aromatic heterocycles. The van der Waals surface area contributed by atoms with Gasteiger partial charge in [0, 0.05) is 6.54 Å². The monoisotopic (exact) mass is 267 g/mol. The number of anilines is 2. The van der Waals surface area contributed by atoms with Crippen molar-refractivity contribution in [2.75, 3.05) is 30.8 Å². The van der Waals surface area contributed by atoms with Crippen molar-refractivity contribution in [2.24, 2.45) is 0 Å². The van der Waals surface area contributed by atoms with Gasteiger partial charge >= 0.3 is 6.01 Å². The number of aromatic nitrogens is 3. The van der Waals surface area contributed by atoms with Gasteiger partial charge in [0.2, 0.25) is 11.9 Å². The minimum absolute atomic E-state index is 0.151. The van der Waals surface area contributed by atoms with Crippen molar-refractivity contribution in [3.8, 4) is 6.01 Å². The van der Waals surface area contributed by atoms with E-state index >= 15 is 0 Å². The molecule has 1 aliphatic carbocycles. The molecule has 0 aromatic carbocycles. The molecule has 19 heavy (non-hydrogen) atoms. The van der Waals surface area contributed by atoms with E-state index < -0.39 is 0 Å². The number of nitrogens with zero attached hydrogens (tertiary/aromatic N) is 3. The average molecular weight is 267 g/mol. The average Bonchev–Trinajstić information content (AvgIpc) is 2.87. The standard InChI is InChI=1S/C12H21N5O2/c1-2-18-12-16-10(13)15-11(17-12)14-7-8-19-9-5-3-4-6-9/h9H,2-8H2,1H3,(H3,13,14,15,16,17). The summed E-state index contributed by atoms with van der Waals surface area (Å²) in [7, 11) is 0. The molecule has 1 heterocycles. The largest absolute Gasteiger partial charge is 0.464 e. The second kappa shape index (κ2) is 7.08. The first kappa shape index (κ1) is 13.8. The fraction of sp³-hybridized carbons (Fsp3) is 0.750. The molecule has 1 fully saturated rings. The lowest BCUT2D eigenvalue weighted by atomic mass is 10.3. The minimum atomic E-state index is 0.151. The summed E-state index contributed by atoms with van der Waals surface area (Å²) < 4.78 is 10.9. The van der Waals surface area contributed by atoms with Crippen molar-refractivity contribution in [3.63, 3.8) is 0 Å². The Balaban J connectivity index is 1.75. The summed E-state index contributed by atoms with van der Waals surface area (Å²) in [5.74, 6) is 0.573. The second-order valence-electron chi connectivity index (χ2n) is 4.44. The van der Waals surface area contributed by atoms with Gasteiger partial charge in [-0.15, -0.1) is 0 Å². The van der Waals surface area contributed by atoms with Crippen molar-refractivity contribution >= 4 is 11.9 Å². The highest BCUT2D eigenvalue weighted by molar-refractivity contribution is 5.32. The zero-order chi connectivity index (χ0) is 13.5. The fourth-order valence-corrected chi connectivity index (χ4v) is 2.09. The molecule has 1 aliphatic rings. The molecule has 0 saturated heterocycles. The van der Waals surface area contributed by atoms with E-state index in [4.69, 9.17) is 15.2 Å². The third kappa shape index (κ3) is 4.51. The van der Waals surface area contributed by atoms with E-state index in [0.717, 1.165) is 0 Å². The van der Waals surface area contributed by atoms with Gasteiger partial charge in [-0.25, -0.2) is 0 Å². The van der Waals surface area contributed by atoms with E-state index in [0.29, 0.717) is 31.8 Å². The molecule has 1 saturated carbocycles. The Labute approximate surface area is 112 Å². The number of hydrogen-bond acceptors (Lipinski definition) is 7. The summed E-state index contributed by atoms with van der Waals surface area (Å²) in [5, 5.41) is 3.06. The van der Waals surface area contributed by atoms with Crippen LogP contribution in [0.1, 0.15) is 32.6 Å². The van der Waals surface area contributed by atoms with Gasteiger partial charge in [0.15, 0.2) is 0 Å². The van der Waals surface area contributed by atoms with Gasteiger partial charge in [-0.3, -0.25) is 0 Å². The Morgan fingerprint density at radius 3 is 2.79 bits per heavy atom. The van der Waals surface area contributed by atoms with Crippen LogP contribution in [0.15, 0.2) is 0 Å². The molecule has 0 unspecified atom stereocenters. The lowest BCUT2D eigenvalue weighted by Gasteiger charge is -2.11. The van der Waals surface area contributed by atoms with Gasteiger partial charge < -0.3 is 20.5 Å². The van der Waals surface area contributed by atoms with Gasteiger partial charge in [0.05, 0.1) is 19.3 Å². The summed E-state index contributed by atoms with van der Waals surface area (Å²) >= 11 is 0. The van der Waals surface area contributed by atoms with Crippen molar-refractivity contribution in [1.82, 2.24) is 15.0 Å². The van der Waals surface area contributed by atoms with Crippen molar-refractivity contribution in [3.05, 3.63) is 0 Å². The second-order valence-corrected chi connectivity index (χ2v) is 4.44. The normalized spacial score (nSPS) is 15.6. The van der Waals surface area contributed by atoms with Gasteiger partial charge in [0.25, 0.3) is 0 Å². The third-order valence-corrected chi connectivity index (χ3v) is 2.95. The lowest BCUT2D eigenvalue weighted by molar-refractivity contribution is 0.0658. The first-order valence-corrected chi connectivity index (χ1v) is 6.77. The molecule has 0 atom stereocenters. The lowest BCUT2D eigenvalue weighted by Crippen LogP contribution is -2.17. The van der Waals surface area contributed by atoms with Gasteiger partial charge in [-0.1, -0.05) is 12.8 Å². The first-order valence-electron chi connectivity index (χ1n) is 6.77. The van der Waals surface area contributed by atoms with Gasteiger partial charge in [-0.2, -0.15) is 15.0 Å². The van der Waals surface area contributed by atoms with Crippen LogP contribution in [-0.2, 0) is 4.74 Å². The fourth-order valence-electron chi connectivity index (χ4n) is 2.09. The Kier molecular flexibility index (Phi) is 5.14. The molecule has 0 aliphatic heterocycles. The highest BCUT2D eigenvalue weighted by atomic mass is 16.5. The van der Waals surface area contributed by atoms with E-state index in [9.17, 15) is 0 Å². The maximum absolute atomic E-state index is 5.74. The highest BCUT2D eigenvalue weighted by Gasteiger charge is 2.14. The van der Waals surface area contributed by atoms with E-state index in [-0.39, 0.29) is 12.0 Å². The number of rotatable bonds is 7. The number of ether oxygens (including phenoxy) is 2. The molecule has 3 N–H and O–H groups in total. The maximum atomic E-state index is 5.74. The van der Waals surface area contributed by atoms with Crippen LogP contribution in [0.3, 0.4) is 0 Å². The third-order valence-electron chi connectivity index (χ3n) is 2.95. The molecule has 7 nitrogen and oxygen atoms in total. The number of nitrogen functional groups attached to an aromatic ring is 1. The quantitative estimate of drug-likeness (QED) is 0.717. The molecule has 2 rings (SSSR count). The molecular formula is C12H21N5O2.